The molecule has 0 radical (unpaired) electrons. The molecule has 1 heterocycles. The van der Waals surface area contributed by atoms with Gasteiger partial charge in [0.2, 0.25) is 0 Å². The summed E-state index contributed by atoms with van der Waals surface area (Å²) < 4.78 is 1.10. The Morgan fingerprint density at radius 2 is 1.72 bits per heavy atom. The van der Waals surface area contributed by atoms with Crippen molar-refractivity contribution in [2.45, 2.75) is 18.9 Å². The Morgan fingerprint density at radius 3 is 2.44 bits per heavy atom. The van der Waals surface area contributed by atoms with Crippen LogP contribution in [0.3, 0.4) is 0 Å². The normalized spacial score (nSPS) is 12.3. The second-order valence-electron chi connectivity index (χ2n) is 4.31. The smallest absolute Gasteiger partial charge is 0.126 e. The van der Waals surface area contributed by atoms with Crippen LogP contribution in [0, 0.1) is 0 Å². The summed E-state index contributed by atoms with van der Waals surface area (Å²) in [5.74, 6) is 0.570. The molecule has 94 valence electrons. The molecule has 1 unspecified atom stereocenters. The van der Waals surface area contributed by atoms with Crippen LogP contribution in [0.15, 0.2) is 47.1 Å². The molecule has 2 aromatic rings. The van der Waals surface area contributed by atoms with Crippen molar-refractivity contribution >= 4 is 21.7 Å². The number of nitrogens with two attached hydrogens (primary N) is 2. The Labute approximate surface area is 115 Å². The molecule has 1 aromatic heterocycles. The molecule has 3 nitrogen and oxygen atoms in total. The first-order chi connectivity index (χ1) is 8.66. The van der Waals surface area contributed by atoms with Gasteiger partial charge in [0.15, 0.2) is 0 Å². The number of anilines is 1. The van der Waals surface area contributed by atoms with E-state index in [0.717, 1.165) is 22.9 Å². The van der Waals surface area contributed by atoms with Gasteiger partial charge in [-0.1, -0.05) is 40.2 Å². The lowest BCUT2D eigenvalue weighted by molar-refractivity contribution is 0.663. The molecule has 0 amide bonds. The molecular weight excluding hydrogens is 290 g/mol. The van der Waals surface area contributed by atoms with E-state index in [-0.39, 0.29) is 6.04 Å². The summed E-state index contributed by atoms with van der Waals surface area (Å²) in [6.07, 6.45) is 3.24. The van der Waals surface area contributed by atoms with Gasteiger partial charge in [0.05, 0.1) is 0 Å². The zero-order valence-corrected chi connectivity index (χ0v) is 11.6. The molecule has 0 saturated heterocycles. The molecule has 0 aliphatic heterocycles. The summed E-state index contributed by atoms with van der Waals surface area (Å²) in [6.45, 7) is 0. The fourth-order valence-corrected chi connectivity index (χ4v) is 2.37. The average molecular weight is 306 g/mol. The molecule has 0 spiro atoms. The molecule has 4 N–H and O–H groups in total. The van der Waals surface area contributed by atoms with Crippen LogP contribution in [-0.4, -0.2) is 11.0 Å². The summed E-state index contributed by atoms with van der Waals surface area (Å²) in [5.41, 5.74) is 14.2. The van der Waals surface area contributed by atoms with Crippen molar-refractivity contribution in [1.82, 2.24) is 4.98 Å². The Hall–Kier alpha value is -1.39. The van der Waals surface area contributed by atoms with Crippen LogP contribution >= 0.6 is 15.9 Å². The van der Waals surface area contributed by atoms with Gasteiger partial charge in [-0.15, -0.1) is 0 Å². The molecule has 0 saturated carbocycles. The summed E-state index contributed by atoms with van der Waals surface area (Å²) in [4.78, 5) is 4.07. The van der Waals surface area contributed by atoms with E-state index >= 15 is 0 Å². The molecule has 18 heavy (non-hydrogen) atoms. The first-order valence-electron chi connectivity index (χ1n) is 5.85. The first kappa shape index (κ1) is 13.1. The SMILES string of the molecule is Nc1ncccc1CC(N)Cc1ccccc1Br. The minimum Gasteiger partial charge on any atom is -0.383 e. The van der Waals surface area contributed by atoms with Gasteiger partial charge in [0, 0.05) is 16.7 Å². The van der Waals surface area contributed by atoms with Crippen LogP contribution in [0.4, 0.5) is 5.82 Å². The summed E-state index contributed by atoms with van der Waals surface area (Å²) in [6, 6.07) is 12.0. The second-order valence-corrected chi connectivity index (χ2v) is 5.16. The third kappa shape index (κ3) is 3.31. The minimum atomic E-state index is 0.0372. The van der Waals surface area contributed by atoms with Gasteiger partial charge >= 0.3 is 0 Å². The van der Waals surface area contributed by atoms with Gasteiger partial charge in [0.1, 0.15) is 5.82 Å². The lowest BCUT2D eigenvalue weighted by atomic mass is 10.0. The number of aromatic nitrogens is 1. The maximum Gasteiger partial charge on any atom is 0.126 e. The fourth-order valence-electron chi connectivity index (χ4n) is 1.92. The van der Waals surface area contributed by atoms with E-state index in [0.29, 0.717) is 5.82 Å². The predicted molar refractivity (Wildman–Crippen MR) is 78.2 cm³/mol. The predicted octanol–water partition coefficient (Wildman–Crippen LogP) is 2.54. The number of benzene rings is 1. The average Bonchev–Trinajstić information content (AvgIpc) is 2.35. The Balaban J connectivity index is 2.04. The number of pyridine rings is 1. The van der Waals surface area contributed by atoms with Crippen molar-refractivity contribution in [3.63, 3.8) is 0 Å². The molecule has 0 aliphatic rings. The molecule has 0 fully saturated rings. The zero-order valence-electron chi connectivity index (χ0n) is 10.0. The topological polar surface area (TPSA) is 64.9 Å². The number of rotatable bonds is 4. The summed E-state index contributed by atoms with van der Waals surface area (Å²) >= 11 is 3.53. The van der Waals surface area contributed by atoms with Crippen molar-refractivity contribution in [2.75, 3.05) is 5.73 Å². The van der Waals surface area contributed by atoms with E-state index in [1.54, 1.807) is 6.20 Å². The van der Waals surface area contributed by atoms with Crippen molar-refractivity contribution < 1.29 is 0 Å². The van der Waals surface area contributed by atoms with Crippen molar-refractivity contribution in [3.8, 4) is 0 Å². The van der Waals surface area contributed by atoms with Gasteiger partial charge in [-0.2, -0.15) is 0 Å². The molecule has 2 rings (SSSR count). The van der Waals surface area contributed by atoms with Crippen molar-refractivity contribution in [1.29, 1.82) is 0 Å². The van der Waals surface area contributed by atoms with E-state index in [1.807, 2.05) is 30.3 Å². The first-order valence-corrected chi connectivity index (χ1v) is 6.64. The monoisotopic (exact) mass is 305 g/mol. The van der Waals surface area contributed by atoms with Gasteiger partial charge in [-0.25, -0.2) is 4.98 Å². The lowest BCUT2D eigenvalue weighted by Crippen LogP contribution is -2.26. The summed E-state index contributed by atoms with van der Waals surface area (Å²) in [5, 5.41) is 0. The van der Waals surface area contributed by atoms with E-state index in [1.165, 1.54) is 5.56 Å². The number of hydrogen-bond donors (Lipinski definition) is 2. The van der Waals surface area contributed by atoms with Gasteiger partial charge < -0.3 is 11.5 Å². The number of nitrogens with zero attached hydrogens (tertiary/aromatic N) is 1. The minimum absolute atomic E-state index is 0.0372. The highest BCUT2D eigenvalue weighted by atomic mass is 79.9. The lowest BCUT2D eigenvalue weighted by Gasteiger charge is -2.13. The molecule has 0 bridgehead atoms. The van der Waals surface area contributed by atoms with Crippen LogP contribution in [0.1, 0.15) is 11.1 Å². The van der Waals surface area contributed by atoms with E-state index in [9.17, 15) is 0 Å². The van der Waals surface area contributed by atoms with Gasteiger partial charge in [0.25, 0.3) is 0 Å². The third-order valence-corrected chi connectivity index (χ3v) is 3.62. The number of halogens is 1. The zero-order chi connectivity index (χ0) is 13.0. The highest BCUT2D eigenvalue weighted by Crippen LogP contribution is 2.18. The van der Waals surface area contributed by atoms with Crippen molar-refractivity contribution in [3.05, 3.63) is 58.2 Å². The highest BCUT2D eigenvalue weighted by molar-refractivity contribution is 9.10. The van der Waals surface area contributed by atoms with Crippen molar-refractivity contribution in [2.24, 2.45) is 5.73 Å². The van der Waals surface area contributed by atoms with E-state index in [2.05, 4.69) is 27.0 Å². The largest absolute Gasteiger partial charge is 0.383 e. The Kier molecular flexibility index (Phi) is 4.33. The van der Waals surface area contributed by atoms with E-state index in [4.69, 9.17) is 11.5 Å². The van der Waals surface area contributed by atoms with Crippen LogP contribution in [-0.2, 0) is 12.8 Å². The molecule has 4 heteroatoms. The Morgan fingerprint density at radius 1 is 1.06 bits per heavy atom. The maximum absolute atomic E-state index is 6.17. The Bertz CT molecular complexity index is 480. The van der Waals surface area contributed by atoms with Gasteiger partial charge in [-0.05, 0) is 36.1 Å². The standard InChI is InChI=1S/C14H16BrN3/c15-13-6-2-1-4-10(13)8-12(16)9-11-5-3-7-18-14(11)17/h1-7,12H,8-9,16H2,(H2,17,18). The van der Waals surface area contributed by atoms with Crippen LogP contribution in [0.2, 0.25) is 0 Å². The molecule has 1 atom stereocenters. The van der Waals surface area contributed by atoms with Gasteiger partial charge in [-0.3, -0.25) is 0 Å². The number of hydrogen-bond acceptors (Lipinski definition) is 3. The van der Waals surface area contributed by atoms with E-state index < -0.39 is 0 Å². The molecule has 1 aromatic carbocycles. The molecule has 0 aliphatic carbocycles. The second kappa shape index (κ2) is 5.98. The fraction of sp³-hybridized carbons (Fsp3) is 0.214. The van der Waals surface area contributed by atoms with Crippen LogP contribution in [0.5, 0.6) is 0 Å². The van der Waals surface area contributed by atoms with Crippen LogP contribution in [0.25, 0.3) is 0 Å². The quantitative estimate of drug-likeness (QED) is 0.912. The molecular formula is C14H16BrN3. The van der Waals surface area contributed by atoms with Crippen LogP contribution < -0.4 is 11.5 Å². The highest BCUT2D eigenvalue weighted by Gasteiger charge is 2.09. The third-order valence-electron chi connectivity index (χ3n) is 2.85. The summed E-state index contributed by atoms with van der Waals surface area (Å²) in [7, 11) is 0. The maximum atomic E-state index is 6.17. The number of nitrogen functional groups attached to an aromatic ring is 1.